The summed E-state index contributed by atoms with van der Waals surface area (Å²) in [6.45, 7) is 12.6. The van der Waals surface area contributed by atoms with E-state index in [9.17, 15) is 8.78 Å². The molecule has 0 radical (unpaired) electrons. The van der Waals surface area contributed by atoms with E-state index >= 15 is 4.39 Å². The third kappa shape index (κ3) is 10.7. The van der Waals surface area contributed by atoms with Crippen LogP contribution in [-0.4, -0.2) is 129 Å². The van der Waals surface area contributed by atoms with Crippen molar-refractivity contribution in [2.45, 2.75) is 97.6 Å². The van der Waals surface area contributed by atoms with Gasteiger partial charge in [0, 0.05) is 92.3 Å². The second-order valence-corrected chi connectivity index (χ2v) is 27.5. The fraction of sp³-hybridized carbons (Fsp3) is 0.386. The Labute approximate surface area is 560 Å². The molecule has 2 aliphatic heterocycles. The zero-order valence-electron chi connectivity index (χ0n) is 55.5. The number of hydrogen-bond donors (Lipinski definition) is 9. The molecule has 2 bridgehead atoms. The Kier molecular flexibility index (Phi) is 15.1. The van der Waals surface area contributed by atoms with E-state index in [0.717, 1.165) is 101 Å². The number of anilines is 6. The molecule has 18 rings (SSSR count). The number of aromatic amines is 3. The Morgan fingerprint density at radius 1 is 0.520 bits per heavy atom. The maximum Gasteiger partial charge on any atom is 0.326 e. The minimum atomic E-state index is -0.337. The van der Waals surface area contributed by atoms with E-state index in [1.54, 1.807) is 78.0 Å². The number of ether oxygens (including phenoxy) is 3. The second kappa shape index (κ2) is 23.7. The number of halogens is 3. The van der Waals surface area contributed by atoms with E-state index < -0.39 is 0 Å². The molecule has 11 heterocycles. The topological polar surface area (TPSA) is 337 Å². The standard InChI is InChI=1S/C25H27FN6O.C23H25FN8O.C22H23FN8O/c1-11-5-15-6-14(11)7-16(15)22-21-20-13(3)17(26)8-18(27-4)23(20)30-24(21)32-25(31-22)33-19-10-28-12(2)9-29-19;1-11-14(24)6-15(26-3)19-17(11)18-20(29-19)30-22(33-13-7-27-12(2)28-8-13)31-21(18)32-9-16(25)23(10-32)4-5-23;1-26-13-4-3-12(23)16-17-19(28-18(13)16)29-21(32-11-2-5-15(25)27-8-11)30-20(17)31-9-14(24)22(10-31)6-7-22/h8-11,14-16,27H,5-7H2,1-4H3,(H,30,31,32);6-8,16,26H,4-5,9-10,25H2,1-3H3,(H,29,30,31);2-5,8,14,26H,6-7,9-10,24H2,1H3,(H2,25,27)(H,28,29,30)/t11-,14?,15+,16?;16-;14-/m100/s1. The molecule has 4 saturated carbocycles. The number of hydrogen-bond acceptors (Lipinski definition) is 22. The van der Waals surface area contributed by atoms with Crippen LogP contribution in [-0.2, 0) is 0 Å². The summed E-state index contributed by atoms with van der Waals surface area (Å²) in [6.07, 6.45) is 15.9. The van der Waals surface area contributed by atoms with Gasteiger partial charge < -0.3 is 72.1 Å². The number of nitrogens with two attached hydrogens (primary N) is 3. The summed E-state index contributed by atoms with van der Waals surface area (Å²) in [4.78, 5) is 63.6. The number of benzene rings is 3. The van der Waals surface area contributed by atoms with E-state index in [1.807, 2.05) is 13.8 Å². The molecular formula is C70H75F3N22O3. The highest BCUT2D eigenvalue weighted by molar-refractivity contribution is 6.17. The number of H-pyrrole nitrogens is 3. The van der Waals surface area contributed by atoms with Crippen molar-refractivity contribution in [3.63, 3.8) is 0 Å². The van der Waals surface area contributed by atoms with Crippen LogP contribution in [0.4, 0.5) is 47.7 Å². The number of nitrogen functional groups attached to an aromatic ring is 1. The highest BCUT2D eigenvalue weighted by atomic mass is 19.1. The smallest absolute Gasteiger partial charge is 0.326 e. The fourth-order valence-electron chi connectivity index (χ4n) is 15.7. The van der Waals surface area contributed by atoms with Crippen molar-refractivity contribution in [3.05, 3.63) is 113 Å². The number of nitrogens with zero attached hydrogens (tertiary/aromatic N) is 13. The number of nitrogens with one attached hydrogen (secondary N) is 6. The molecule has 12 N–H and O–H groups in total. The molecule has 25 nitrogen and oxygen atoms in total. The summed E-state index contributed by atoms with van der Waals surface area (Å²) in [5.74, 6) is 5.09. The molecule has 2 saturated heterocycles. The Morgan fingerprint density at radius 3 is 1.55 bits per heavy atom. The van der Waals surface area contributed by atoms with Crippen LogP contribution in [0.2, 0.25) is 0 Å². The maximum atomic E-state index is 15.1. The first kappa shape index (κ1) is 62.3. The molecule has 2 unspecified atom stereocenters. The number of rotatable bonds is 12. The summed E-state index contributed by atoms with van der Waals surface area (Å²) in [5.41, 5.74) is 27.9. The fourth-order valence-corrected chi connectivity index (χ4v) is 15.7. The van der Waals surface area contributed by atoms with Crippen molar-refractivity contribution in [1.29, 1.82) is 0 Å². The van der Waals surface area contributed by atoms with E-state index in [0.29, 0.717) is 127 Å². The molecule has 3 aromatic carbocycles. The molecule has 12 aromatic rings. The lowest BCUT2D eigenvalue weighted by Gasteiger charge is -2.26. The number of fused-ring (bicyclic) bond motifs is 11. The van der Waals surface area contributed by atoms with Crippen molar-refractivity contribution < 1.29 is 27.4 Å². The van der Waals surface area contributed by atoms with Crippen LogP contribution in [0, 0.1) is 73.7 Å². The molecule has 0 amide bonds. The van der Waals surface area contributed by atoms with Gasteiger partial charge in [-0.1, -0.05) is 6.92 Å². The summed E-state index contributed by atoms with van der Waals surface area (Å²) in [6, 6.07) is 10.2. The van der Waals surface area contributed by atoms with Crippen LogP contribution >= 0.6 is 0 Å². The van der Waals surface area contributed by atoms with Gasteiger partial charge in [-0.2, -0.15) is 29.9 Å². The zero-order valence-corrected chi connectivity index (χ0v) is 55.5. The number of pyridine rings is 1. The van der Waals surface area contributed by atoms with Gasteiger partial charge in [0.25, 0.3) is 0 Å². The van der Waals surface area contributed by atoms with Gasteiger partial charge >= 0.3 is 18.0 Å². The molecule has 6 atom stereocenters. The van der Waals surface area contributed by atoms with Crippen LogP contribution in [0.15, 0.2) is 67.4 Å². The lowest BCUT2D eigenvalue weighted by Crippen LogP contribution is -2.30. The van der Waals surface area contributed by atoms with E-state index in [-0.39, 0.29) is 58.4 Å². The van der Waals surface area contributed by atoms with Gasteiger partial charge in [0.05, 0.1) is 92.1 Å². The SMILES string of the molecule is CNc1cc(F)c(C)c2c1[nH]c1nc(Oc3cnc(C)cn3)nc(C3CC4C[C@@H]3C[C@H]4C)c12.CNc1cc(F)c(C)c2c1[nH]c1nc(Oc3cnc(C)nc3)nc(N3C[C@H](N)C4(CC4)C3)c12.CNc1ccc(F)c2c1[nH]c1nc(Oc3ccc(N)nc3)nc(N3C[C@H](N)C4(CC4)C3)c12. The van der Waals surface area contributed by atoms with Crippen LogP contribution in [0.5, 0.6) is 35.4 Å². The zero-order chi connectivity index (χ0) is 67.8. The Morgan fingerprint density at radius 2 is 1.05 bits per heavy atom. The first-order chi connectivity index (χ1) is 47.3. The summed E-state index contributed by atoms with van der Waals surface area (Å²) in [7, 11) is 5.36. The van der Waals surface area contributed by atoms with Crippen molar-refractivity contribution >= 4 is 100 Å². The van der Waals surface area contributed by atoms with Crippen molar-refractivity contribution in [1.82, 2.24) is 69.8 Å². The lowest BCUT2D eigenvalue weighted by molar-refractivity contribution is 0.322. The number of aromatic nitrogens is 14. The molecule has 28 heteroatoms. The van der Waals surface area contributed by atoms with E-state index in [4.69, 9.17) is 46.4 Å². The number of aryl methyl sites for hydroxylation is 4. The van der Waals surface area contributed by atoms with Gasteiger partial charge in [-0.05, 0) is 138 Å². The summed E-state index contributed by atoms with van der Waals surface area (Å²) < 4.78 is 62.5. The summed E-state index contributed by atoms with van der Waals surface area (Å²) in [5, 5.41) is 13.7. The van der Waals surface area contributed by atoms with Crippen molar-refractivity contribution in [2.75, 3.05) is 78.8 Å². The molecule has 98 heavy (non-hydrogen) atoms. The highest BCUT2D eigenvalue weighted by Gasteiger charge is 2.55. The Balaban J connectivity index is 0.000000115. The van der Waals surface area contributed by atoms with Gasteiger partial charge in [0.15, 0.2) is 5.75 Å². The van der Waals surface area contributed by atoms with Gasteiger partial charge in [-0.25, -0.2) is 33.1 Å². The molecule has 6 fully saturated rings. The predicted octanol–water partition coefficient (Wildman–Crippen LogP) is 12.0. The van der Waals surface area contributed by atoms with E-state index in [2.05, 4.69) is 87.5 Å². The van der Waals surface area contributed by atoms with Gasteiger partial charge in [0.1, 0.15) is 63.4 Å². The molecule has 9 aromatic heterocycles. The van der Waals surface area contributed by atoms with Gasteiger partial charge in [-0.15, -0.1) is 0 Å². The van der Waals surface area contributed by atoms with Crippen LogP contribution in [0.3, 0.4) is 0 Å². The molecule has 6 aliphatic rings. The van der Waals surface area contributed by atoms with Crippen LogP contribution in [0.25, 0.3) is 65.8 Å². The molecule has 504 valence electrons. The first-order valence-electron chi connectivity index (χ1n) is 33.2. The normalized spacial score (nSPS) is 20.8. The van der Waals surface area contributed by atoms with Crippen molar-refractivity contribution in [3.8, 4) is 35.4 Å². The minimum absolute atomic E-state index is 0.0566. The van der Waals surface area contributed by atoms with Crippen LogP contribution < -0.4 is 57.2 Å². The second-order valence-electron chi connectivity index (χ2n) is 27.5. The van der Waals surface area contributed by atoms with E-state index in [1.165, 1.54) is 37.2 Å². The Hall–Kier alpha value is -10.5. The quantitative estimate of drug-likeness (QED) is 0.0549. The average molecular weight is 1330 g/mol. The van der Waals surface area contributed by atoms with Crippen LogP contribution in [0.1, 0.15) is 86.1 Å². The third-order valence-electron chi connectivity index (χ3n) is 21.4. The highest BCUT2D eigenvalue weighted by Crippen LogP contribution is 2.58. The average Bonchev–Trinajstić information content (AvgIpc) is 1.57. The van der Waals surface area contributed by atoms with Gasteiger partial charge in [-0.3, -0.25) is 4.98 Å². The predicted molar refractivity (Wildman–Crippen MR) is 371 cm³/mol. The minimum Gasteiger partial charge on any atom is -0.423 e. The summed E-state index contributed by atoms with van der Waals surface area (Å²) >= 11 is 0. The molecular weight excluding hydrogens is 1250 g/mol. The van der Waals surface area contributed by atoms with Crippen molar-refractivity contribution in [2.24, 2.45) is 40.1 Å². The largest absolute Gasteiger partial charge is 0.423 e. The Bertz CT molecular complexity index is 5140. The molecule has 4 aliphatic carbocycles. The third-order valence-corrected chi connectivity index (χ3v) is 21.4. The first-order valence-corrected chi connectivity index (χ1v) is 33.2. The monoisotopic (exact) mass is 1330 g/mol. The lowest BCUT2D eigenvalue weighted by atomic mass is 9.80. The molecule has 2 spiro atoms. The maximum absolute atomic E-state index is 15.1. The van der Waals surface area contributed by atoms with Gasteiger partial charge in [0.2, 0.25) is 5.88 Å².